The number of nitrogens with zero attached hydrogens (tertiary/aromatic N) is 1. The molecule has 0 amide bonds. The van der Waals surface area contributed by atoms with Crippen molar-refractivity contribution in [1.29, 1.82) is 0 Å². The summed E-state index contributed by atoms with van der Waals surface area (Å²) < 4.78 is 10.8. The van der Waals surface area contributed by atoms with Crippen molar-refractivity contribution in [3.63, 3.8) is 0 Å². The number of hydrogen-bond donors (Lipinski definition) is 0. The van der Waals surface area contributed by atoms with E-state index in [1.807, 2.05) is 6.92 Å². The number of likely N-dealkylation sites (tertiary alicyclic amines) is 1. The minimum Gasteiger partial charge on any atom is -0.462 e. The molecule has 0 saturated carbocycles. The fraction of sp³-hybridized carbons (Fsp3) is 0.579. The fourth-order valence-corrected chi connectivity index (χ4v) is 3.41. The molecule has 2 aromatic rings. The van der Waals surface area contributed by atoms with Crippen LogP contribution in [0.3, 0.4) is 0 Å². The molecule has 3 heterocycles. The zero-order valence-corrected chi connectivity index (χ0v) is 14.5. The largest absolute Gasteiger partial charge is 0.462 e. The molecule has 1 saturated heterocycles. The van der Waals surface area contributed by atoms with E-state index >= 15 is 0 Å². The average molecular weight is 331 g/mol. The van der Waals surface area contributed by atoms with E-state index in [9.17, 15) is 9.59 Å². The third-order valence-electron chi connectivity index (χ3n) is 4.89. The van der Waals surface area contributed by atoms with E-state index in [2.05, 4.69) is 11.9 Å². The van der Waals surface area contributed by atoms with Gasteiger partial charge in [-0.15, -0.1) is 0 Å². The zero-order valence-electron chi connectivity index (χ0n) is 14.5. The van der Waals surface area contributed by atoms with Gasteiger partial charge in [-0.3, -0.25) is 4.79 Å². The smallest absolute Gasteiger partial charge is 0.342 e. The predicted molar refractivity (Wildman–Crippen MR) is 91.8 cm³/mol. The number of esters is 1. The SMILES string of the molecule is CCCOC(=O)c1c(C(=O)CCC2CCN(C)CC2)c2ccc1o2. The maximum Gasteiger partial charge on any atom is 0.342 e. The molecule has 2 bridgehead atoms. The molecule has 0 unspecified atom stereocenters. The van der Waals surface area contributed by atoms with Gasteiger partial charge in [-0.05, 0) is 63.9 Å². The minimum atomic E-state index is -0.450. The number of rotatable bonds is 7. The normalized spacial score (nSPS) is 16.8. The molecule has 1 fully saturated rings. The molecule has 24 heavy (non-hydrogen) atoms. The van der Waals surface area contributed by atoms with Crippen molar-refractivity contribution in [2.75, 3.05) is 26.7 Å². The Morgan fingerprint density at radius 3 is 2.54 bits per heavy atom. The molecule has 1 aliphatic heterocycles. The number of benzene rings is 1. The number of piperidine rings is 1. The number of ether oxygens (including phenoxy) is 1. The molecule has 130 valence electrons. The Kier molecular flexibility index (Phi) is 5.19. The van der Waals surface area contributed by atoms with E-state index in [0.717, 1.165) is 38.8 Å². The van der Waals surface area contributed by atoms with Crippen molar-refractivity contribution >= 4 is 22.9 Å². The van der Waals surface area contributed by atoms with Crippen LogP contribution in [0.1, 0.15) is 59.7 Å². The van der Waals surface area contributed by atoms with Crippen LogP contribution in [0, 0.1) is 5.92 Å². The van der Waals surface area contributed by atoms with E-state index in [1.165, 1.54) is 0 Å². The predicted octanol–water partition coefficient (Wildman–Crippen LogP) is 3.74. The average Bonchev–Trinajstić information content (AvgIpc) is 3.20. The highest BCUT2D eigenvalue weighted by Crippen LogP contribution is 2.31. The van der Waals surface area contributed by atoms with Crippen LogP contribution in [0.25, 0.3) is 11.2 Å². The summed E-state index contributed by atoms with van der Waals surface area (Å²) in [5.41, 5.74) is 1.69. The van der Waals surface area contributed by atoms with E-state index in [1.54, 1.807) is 12.1 Å². The number of furan rings is 2. The number of Topliss-reactive ketones (excluding diaryl/α,β-unsaturated/α-hetero) is 1. The monoisotopic (exact) mass is 331 g/mol. The molecule has 0 radical (unpaired) electrons. The summed E-state index contributed by atoms with van der Waals surface area (Å²) in [6, 6.07) is 3.49. The summed E-state index contributed by atoms with van der Waals surface area (Å²) in [5.74, 6) is 0.134. The van der Waals surface area contributed by atoms with Gasteiger partial charge in [0.1, 0.15) is 16.7 Å². The maximum atomic E-state index is 12.7. The number of fused-ring (bicyclic) bond motifs is 2. The Balaban J connectivity index is 1.68. The van der Waals surface area contributed by atoms with Crippen LogP contribution >= 0.6 is 0 Å². The lowest BCUT2D eigenvalue weighted by Crippen LogP contribution is -2.30. The molecule has 3 rings (SSSR count). The zero-order chi connectivity index (χ0) is 17.1. The van der Waals surface area contributed by atoms with Crippen LogP contribution in [0.2, 0.25) is 0 Å². The first-order chi connectivity index (χ1) is 11.6. The van der Waals surface area contributed by atoms with Gasteiger partial charge in [-0.2, -0.15) is 0 Å². The van der Waals surface area contributed by atoms with Gasteiger partial charge in [0.2, 0.25) is 0 Å². The van der Waals surface area contributed by atoms with Crippen LogP contribution in [0.4, 0.5) is 0 Å². The van der Waals surface area contributed by atoms with Gasteiger partial charge in [-0.25, -0.2) is 4.79 Å². The van der Waals surface area contributed by atoms with Gasteiger partial charge in [0.25, 0.3) is 0 Å². The first-order valence-corrected chi connectivity index (χ1v) is 8.84. The molecule has 0 spiro atoms. The van der Waals surface area contributed by atoms with Gasteiger partial charge in [0.05, 0.1) is 12.2 Å². The lowest BCUT2D eigenvalue weighted by atomic mass is 9.90. The highest BCUT2D eigenvalue weighted by Gasteiger charge is 2.29. The van der Waals surface area contributed by atoms with Crippen molar-refractivity contribution in [3.05, 3.63) is 23.3 Å². The summed E-state index contributed by atoms with van der Waals surface area (Å²) >= 11 is 0. The number of hydrogen-bond acceptors (Lipinski definition) is 5. The number of carbonyl (C=O) groups is 2. The Morgan fingerprint density at radius 2 is 1.88 bits per heavy atom. The highest BCUT2D eigenvalue weighted by atomic mass is 16.5. The molecule has 2 aromatic heterocycles. The molecule has 0 aromatic carbocycles. The van der Waals surface area contributed by atoms with Crippen molar-refractivity contribution in [3.8, 4) is 0 Å². The molecule has 5 nitrogen and oxygen atoms in total. The Labute approximate surface area is 142 Å². The fourth-order valence-electron chi connectivity index (χ4n) is 3.41. The van der Waals surface area contributed by atoms with E-state index in [0.29, 0.717) is 41.2 Å². The van der Waals surface area contributed by atoms with E-state index < -0.39 is 5.97 Å². The highest BCUT2D eigenvalue weighted by molar-refractivity contribution is 6.15. The second kappa shape index (κ2) is 7.34. The standard InChI is InChI=1S/C19H25NO4/c1-3-12-23-19(22)18-16-7-6-15(24-16)17(18)14(21)5-4-13-8-10-20(2)11-9-13/h6-7,13H,3-5,8-12H2,1-2H3. The van der Waals surface area contributed by atoms with Crippen molar-refractivity contribution in [2.24, 2.45) is 5.92 Å². The van der Waals surface area contributed by atoms with Crippen LogP contribution in [0.15, 0.2) is 16.5 Å². The van der Waals surface area contributed by atoms with Gasteiger partial charge < -0.3 is 14.1 Å². The van der Waals surface area contributed by atoms with Crippen molar-refractivity contribution in [2.45, 2.75) is 39.0 Å². The summed E-state index contributed by atoms with van der Waals surface area (Å²) in [4.78, 5) is 27.3. The topological polar surface area (TPSA) is 59.8 Å². The first kappa shape index (κ1) is 17.0. The molecule has 0 atom stereocenters. The summed E-state index contributed by atoms with van der Waals surface area (Å²) in [6.45, 7) is 4.48. The summed E-state index contributed by atoms with van der Waals surface area (Å²) in [7, 11) is 2.13. The van der Waals surface area contributed by atoms with Gasteiger partial charge in [-0.1, -0.05) is 6.92 Å². The maximum absolute atomic E-state index is 12.7. The quantitative estimate of drug-likeness (QED) is 0.571. The second-order valence-corrected chi connectivity index (χ2v) is 6.76. The third kappa shape index (κ3) is 3.46. The van der Waals surface area contributed by atoms with Gasteiger partial charge in [0, 0.05) is 6.42 Å². The van der Waals surface area contributed by atoms with Gasteiger partial charge in [0.15, 0.2) is 5.78 Å². The Morgan fingerprint density at radius 1 is 1.21 bits per heavy atom. The Bertz CT molecular complexity index is 697. The Hall–Kier alpha value is -1.88. The van der Waals surface area contributed by atoms with E-state index in [-0.39, 0.29) is 5.78 Å². The van der Waals surface area contributed by atoms with Crippen LogP contribution in [-0.4, -0.2) is 43.4 Å². The second-order valence-electron chi connectivity index (χ2n) is 6.76. The van der Waals surface area contributed by atoms with E-state index in [4.69, 9.17) is 9.15 Å². The first-order valence-electron chi connectivity index (χ1n) is 8.84. The van der Waals surface area contributed by atoms with Gasteiger partial charge >= 0.3 is 5.97 Å². The number of carbonyl (C=O) groups excluding carboxylic acids is 2. The lowest BCUT2D eigenvalue weighted by molar-refractivity contribution is 0.0504. The summed E-state index contributed by atoms with van der Waals surface area (Å²) in [6.07, 6.45) is 4.36. The molecular formula is C19H25NO4. The molecule has 0 N–H and O–H groups in total. The lowest BCUT2D eigenvalue weighted by Gasteiger charge is -2.28. The van der Waals surface area contributed by atoms with Crippen LogP contribution < -0.4 is 0 Å². The number of ketones is 1. The molecule has 5 heteroatoms. The third-order valence-corrected chi connectivity index (χ3v) is 4.89. The molecule has 1 aliphatic rings. The van der Waals surface area contributed by atoms with Crippen molar-refractivity contribution < 1.29 is 18.7 Å². The minimum absolute atomic E-state index is 0.00766. The molecule has 0 aliphatic carbocycles. The van der Waals surface area contributed by atoms with Crippen molar-refractivity contribution in [1.82, 2.24) is 4.90 Å². The summed E-state index contributed by atoms with van der Waals surface area (Å²) in [5, 5.41) is 0. The molecular weight excluding hydrogens is 306 g/mol. The van der Waals surface area contributed by atoms with Crippen LogP contribution in [-0.2, 0) is 4.74 Å². The van der Waals surface area contributed by atoms with Crippen LogP contribution in [0.5, 0.6) is 0 Å².